The minimum absolute atomic E-state index is 0. The van der Waals surface area contributed by atoms with Crippen LogP contribution in [-0.4, -0.2) is 25.0 Å². The molecule has 0 fully saturated rings. The van der Waals surface area contributed by atoms with E-state index >= 15 is 0 Å². The van der Waals surface area contributed by atoms with E-state index in [9.17, 15) is 4.39 Å². The third-order valence-corrected chi connectivity index (χ3v) is 2.63. The number of likely N-dealkylation sites (N-methyl/N-ethyl adjacent to an activating group) is 1. The zero-order chi connectivity index (χ0) is 9.97. The smallest absolute Gasteiger partial charge is 0.123 e. The average Bonchev–Trinajstić information content (AvgIpc) is 2.21. The van der Waals surface area contributed by atoms with Crippen molar-refractivity contribution in [1.29, 1.82) is 0 Å². The van der Waals surface area contributed by atoms with Gasteiger partial charge in [0.05, 0.1) is 0 Å². The number of rotatable bonds is 1. The number of halogens is 2. The van der Waals surface area contributed by atoms with Gasteiger partial charge >= 0.3 is 0 Å². The maximum Gasteiger partial charge on any atom is 0.123 e. The first-order chi connectivity index (χ1) is 6.75. The van der Waals surface area contributed by atoms with Crippen LogP contribution in [0, 0.1) is 5.82 Å². The number of nitrogens with zero attached hydrogens (tertiary/aromatic N) is 1. The molecule has 2 rings (SSSR count). The van der Waals surface area contributed by atoms with Crippen LogP contribution in [0.3, 0.4) is 0 Å². The van der Waals surface area contributed by atoms with Gasteiger partial charge in [0.1, 0.15) is 5.82 Å². The van der Waals surface area contributed by atoms with Crippen molar-refractivity contribution >= 4 is 18.0 Å². The zero-order valence-corrected chi connectivity index (χ0v) is 9.56. The first-order valence-corrected chi connectivity index (χ1v) is 4.89. The summed E-state index contributed by atoms with van der Waals surface area (Å²) in [7, 11) is 2.11. The minimum Gasteiger partial charge on any atom is -0.302 e. The van der Waals surface area contributed by atoms with E-state index in [2.05, 4.69) is 18.0 Å². The summed E-state index contributed by atoms with van der Waals surface area (Å²) in [5.41, 5.74) is 2.49. The highest BCUT2D eigenvalue weighted by Crippen LogP contribution is 2.21. The third-order valence-electron chi connectivity index (χ3n) is 2.63. The Morgan fingerprint density at radius 2 is 1.87 bits per heavy atom. The molecule has 0 amide bonds. The van der Waals surface area contributed by atoms with E-state index in [4.69, 9.17) is 0 Å². The van der Waals surface area contributed by atoms with Crippen molar-refractivity contribution in [2.45, 2.75) is 6.42 Å². The Balaban J connectivity index is 0.00000112. The average molecular weight is 228 g/mol. The van der Waals surface area contributed by atoms with Crippen molar-refractivity contribution in [1.82, 2.24) is 4.90 Å². The summed E-state index contributed by atoms with van der Waals surface area (Å²) in [6, 6.07) is 6.75. The predicted octanol–water partition coefficient (Wildman–Crippen LogP) is 2.97. The summed E-state index contributed by atoms with van der Waals surface area (Å²) in [4.78, 5) is 2.27. The van der Waals surface area contributed by atoms with Crippen molar-refractivity contribution in [3.63, 3.8) is 0 Å². The molecule has 1 aromatic rings. The second-order valence-corrected chi connectivity index (χ2v) is 3.75. The molecule has 0 aromatic heterocycles. The van der Waals surface area contributed by atoms with E-state index in [1.807, 2.05) is 12.1 Å². The van der Waals surface area contributed by atoms with Gasteiger partial charge in [-0.05, 0) is 36.7 Å². The molecule has 0 aliphatic carbocycles. The van der Waals surface area contributed by atoms with Crippen LogP contribution < -0.4 is 0 Å². The summed E-state index contributed by atoms with van der Waals surface area (Å²) in [5.74, 6) is -0.165. The Hall–Kier alpha value is -0.860. The minimum atomic E-state index is -0.165. The molecule has 3 heteroatoms. The van der Waals surface area contributed by atoms with Gasteiger partial charge in [0.15, 0.2) is 0 Å². The molecule has 0 radical (unpaired) electrons. The molecule has 1 aliphatic rings. The Morgan fingerprint density at radius 1 is 1.20 bits per heavy atom. The lowest BCUT2D eigenvalue weighted by Crippen LogP contribution is -2.23. The molecule has 0 atom stereocenters. The summed E-state index contributed by atoms with van der Waals surface area (Å²) in [5, 5.41) is 0. The van der Waals surface area contributed by atoms with E-state index in [0.29, 0.717) is 0 Å². The highest BCUT2D eigenvalue weighted by molar-refractivity contribution is 5.85. The fourth-order valence-corrected chi connectivity index (χ4v) is 1.70. The van der Waals surface area contributed by atoms with Gasteiger partial charge in [-0.1, -0.05) is 18.2 Å². The van der Waals surface area contributed by atoms with Crippen LogP contribution in [0.4, 0.5) is 4.39 Å². The molecule has 0 saturated carbocycles. The molecule has 0 saturated heterocycles. The maximum absolute atomic E-state index is 12.7. The second-order valence-electron chi connectivity index (χ2n) is 3.75. The van der Waals surface area contributed by atoms with Gasteiger partial charge in [-0.25, -0.2) is 4.39 Å². The van der Waals surface area contributed by atoms with Gasteiger partial charge in [0.25, 0.3) is 0 Å². The largest absolute Gasteiger partial charge is 0.302 e. The normalized spacial score (nSPS) is 16.8. The zero-order valence-electron chi connectivity index (χ0n) is 8.74. The Kier molecular flexibility index (Phi) is 4.30. The summed E-state index contributed by atoms with van der Waals surface area (Å²) in [6.07, 6.45) is 3.28. The molecule has 1 aromatic carbocycles. The summed E-state index contributed by atoms with van der Waals surface area (Å²) >= 11 is 0. The van der Waals surface area contributed by atoms with Gasteiger partial charge < -0.3 is 4.90 Å². The van der Waals surface area contributed by atoms with Crippen LogP contribution in [0.15, 0.2) is 30.3 Å². The van der Waals surface area contributed by atoms with Crippen molar-refractivity contribution in [3.05, 3.63) is 41.7 Å². The third kappa shape index (κ3) is 3.05. The van der Waals surface area contributed by atoms with E-state index in [1.165, 1.54) is 17.7 Å². The van der Waals surface area contributed by atoms with Crippen LogP contribution in [0.1, 0.15) is 12.0 Å². The molecule has 1 aliphatic heterocycles. The topological polar surface area (TPSA) is 3.24 Å². The lowest BCUT2D eigenvalue weighted by molar-refractivity contribution is 0.370. The van der Waals surface area contributed by atoms with Gasteiger partial charge in [0.2, 0.25) is 0 Å². The first kappa shape index (κ1) is 12.2. The molecule has 0 N–H and O–H groups in total. The number of hydrogen-bond acceptors (Lipinski definition) is 1. The van der Waals surface area contributed by atoms with Gasteiger partial charge in [-0.15, -0.1) is 12.4 Å². The van der Waals surface area contributed by atoms with Gasteiger partial charge in [0, 0.05) is 13.1 Å². The van der Waals surface area contributed by atoms with Crippen molar-refractivity contribution < 1.29 is 4.39 Å². The molecule has 0 bridgehead atoms. The maximum atomic E-state index is 12.7. The lowest BCUT2D eigenvalue weighted by atomic mass is 10.00. The van der Waals surface area contributed by atoms with Crippen molar-refractivity contribution in [3.8, 4) is 0 Å². The van der Waals surface area contributed by atoms with E-state index < -0.39 is 0 Å². The lowest BCUT2D eigenvalue weighted by Gasteiger charge is -2.21. The quantitative estimate of drug-likeness (QED) is 0.713. The standard InChI is InChI=1S/C12H14FN.ClH/c1-14-8-6-11(7-9-14)10-2-4-12(13)5-3-10;/h2-6H,7-9H2,1H3;1H. The van der Waals surface area contributed by atoms with Gasteiger partial charge in [-0.3, -0.25) is 0 Å². The SMILES string of the molecule is CN1CC=C(c2ccc(F)cc2)CC1.Cl. The Morgan fingerprint density at radius 3 is 2.40 bits per heavy atom. The summed E-state index contributed by atoms with van der Waals surface area (Å²) < 4.78 is 12.7. The predicted molar refractivity (Wildman–Crippen MR) is 63.7 cm³/mol. The van der Waals surface area contributed by atoms with E-state index in [1.54, 1.807) is 0 Å². The van der Waals surface area contributed by atoms with Gasteiger partial charge in [-0.2, -0.15) is 0 Å². The van der Waals surface area contributed by atoms with Crippen LogP contribution in [0.5, 0.6) is 0 Å². The Bertz CT molecular complexity index is 345. The molecule has 1 nitrogen and oxygen atoms in total. The molecular formula is C12H15ClFN. The van der Waals surface area contributed by atoms with Crippen LogP contribution in [-0.2, 0) is 0 Å². The molecule has 0 unspecified atom stereocenters. The van der Waals surface area contributed by atoms with Crippen molar-refractivity contribution in [2.24, 2.45) is 0 Å². The number of hydrogen-bond donors (Lipinski definition) is 0. The Labute approximate surface area is 96.0 Å². The molecule has 1 heterocycles. The number of benzene rings is 1. The molecule has 15 heavy (non-hydrogen) atoms. The van der Waals surface area contributed by atoms with E-state index in [-0.39, 0.29) is 18.2 Å². The van der Waals surface area contributed by atoms with Crippen LogP contribution in [0.2, 0.25) is 0 Å². The van der Waals surface area contributed by atoms with Crippen LogP contribution >= 0.6 is 12.4 Å². The summed E-state index contributed by atoms with van der Waals surface area (Å²) in [6.45, 7) is 2.08. The monoisotopic (exact) mass is 227 g/mol. The molecule has 0 spiro atoms. The van der Waals surface area contributed by atoms with Crippen LogP contribution in [0.25, 0.3) is 5.57 Å². The highest BCUT2D eigenvalue weighted by Gasteiger charge is 2.08. The molecule has 82 valence electrons. The highest BCUT2D eigenvalue weighted by atomic mass is 35.5. The fraction of sp³-hybridized carbons (Fsp3) is 0.333. The van der Waals surface area contributed by atoms with E-state index in [0.717, 1.165) is 25.1 Å². The first-order valence-electron chi connectivity index (χ1n) is 4.89. The van der Waals surface area contributed by atoms with Crippen molar-refractivity contribution in [2.75, 3.05) is 20.1 Å². The second kappa shape index (κ2) is 5.29. The molecular weight excluding hydrogens is 213 g/mol. The fourth-order valence-electron chi connectivity index (χ4n) is 1.70.